The second kappa shape index (κ2) is 5.46. The largest absolute Gasteiger partial charge is 0.302 e. The van der Waals surface area contributed by atoms with Crippen LogP contribution in [0.2, 0.25) is 0 Å². The lowest BCUT2D eigenvalue weighted by Crippen LogP contribution is -2.08. The summed E-state index contributed by atoms with van der Waals surface area (Å²) in [5.41, 5.74) is 0.278. The average Bonchev–Trinajstić information content (AvgIpc) is 2.10. The maximum atomic E-state index is 13.2. The molecule has 0 aliphatic rings. The van der Waals surface area contributed by atoms with Gasteiger partial charge in [0.2, 0.25) is 0 Å². The highest BCUT2D eigenvalue weighted by Gasteiger charge is 2.04. The number of hydrogen-bond donors (Lipinski definition) is 1. The third-order valence-electron chi connectivity index (χ3n) is 1.54. The third kappa shape index (κ3) is 3.38. The molecule has 0 aromatic heterocycles. The first kappa shape index (κ1) is 11.7. The summed E-state index contributed by atoms with van der Waals surface area (Å²) in [7, 11) is -1.19. The van der Waals surface area contributed by atoms with Gasteiger partial charge < -0.3 is 4.72 Å². The van der Waals surface area contributed by atoms with Crippen LogP contribution in [0.15, 0.2) is 22.7 Å². The second-order valence-electron chi connectivity index (χ2n) is 2.78. The number of halogens is 2. The van der Waals surface area contributed by atoms with Crippen molar-refractivity contribution in [1.82, 2.24) is 0 Å². The van der Waals surface area contributed by atoms with Crippen LogP contribution in [0.4, 0.5) is 10.1 Å². The van der Waals surface area contributed by atoms with E-state index < -0.39 is 16.8 Å². The fourth-order valence-corrected chi connectivity index (χ4v) is 2.15. The smallest absolute Gasteiger partial charge is 0.148 e. The van der Waals surface area contributed by atoms with Crippen LogP contribution in [-0.4, -0.2) is 9.96 Å². The number of benzene rings is 1. The second-order valence-corrected chi connectivity index (χ2v) is 4.99. The Morgan fingerprint density at radius 2 is 2.29 bits per heavy atom. The molecule has 78 valence electrons. The van der Waals surface area contributed by atoms with Crippen molar-refractivity contribution < 1.29 is 8.60 Å². The Labute approximate surface area is 93.6 Å². The summed E-state index contributed by atoms with van der Waals surface area (Å²) in [6.45, 7) is 1.93. The lowest BCUT2D eigenvalue weighted by Gasteiger charge is -2.06. The van der Waals surface area contributed by atoms with Crippen molar-refractivity contribution in [1.29, 1.82) is 0 Å². The van der Waals surface area contributed by atoms with Gasteiger partial charge in [-0.1, -0.05) is 22.9 Å². The monoisotopic (exact) mass is 279 g/mol. The Morgan fingerprint density at radius 1 is 1.57 bits per heavy atom. The Hall–Kier alpha value is -0.420. The average molecular weight is 280 g/mol. The highest BCUT2D eigenvalue weighted by molar-refractivity contribution is 9.10. The summed E-state index contributed by atoms with van der Waals surface area (Å²) in [5, 5.41) is 0. The minimum absolute atomic E-state index is 0.278. The number of hydrogen-bond acceptors (Lipinski definition) is 1. The van der Waals surface area contributed by atoms with Crippen molar-refractivity contribution >= 4 is 32.6 Å². The van der Waals surface area contributed by atoms with E-state index in [0.717, 1.165) is 6.42 Å². The normalized spacial score (nSPS) is 12.5. The minimum atomic E-state index is -1.19. The van der Waals surface area contributed by atoms with Gasteiger partial charge in [0.25, 0.3) is 0 Å². The van der Waals surface area contributed by atoms with Crippen molar-refractivity contribution in [2.24, 2.45) is 0 Å². The lowest BCUT2D eigenvalue weighted by molar-refractivity contribution is 0.631. The molecule has 0 aliphatic carbocycles. The zero-order valence-electron chi connectivity index (χ0n) is 7.72. The molecule has 1 rings (SSSR count). The minimum Gasteiger partial charge on any atom is -0.302 e. The molecule has 0 amide bonds. The van der Waals surface area contributed by atoms with Gasteiger partial charge in [0.15, 0.2) is 0 Å². The topological polar surface area (TPSA) is 29.1 Å². The SMILES string of the molecule is CCCS(=O)Nc1ccc(Br)cc1F. The Morgan fingerprint density at radius 3 is 2.86 bits per heavy atom. The molecule has 0 aliphatic heterocycles. The summed E-state index contributed by atoms with van der Waals surface area (Å²) in [5.74, 6) is 0.124. The molecule has 0 saturated carbocycles. The van der Waals surface area contributed by atoms with E-state index in [2.05, 4.69) is 20.7 Å². The first-order valence-electron chi connectivity index (χ1n) is 4.23. The summed E-state index contributed by atoms with van der Waals surface area (Å²) < 4.78 is 27.8. The zero-order valence-corrected chi connectivity index (χ0v) is 10.1. The quantitative estimate of drug-likeness (QED) is 0.902. The van der Waals surface area contributed by atoms with E-state index in [1.807, 2.05) is 6.92 Å². The number of nitrogens with one attached hydrogen (secondary N) is 1. The van der Waals surface area contributed by atoms with Crippen LogP contribution in [0.25, 0.3) is 0 Å². The highest BCUT2D eigenvalue weighted by atomic mass is 79.9. The fourth-order valence-electron chi connectivity index (χ4n) is 0.931. The molecule has 2 nitrogen and oxygen atoms in total. The van der Waals surface area contributed by atoms with E-state index in [0.29, 0.717) is 10.2 Å². The van der Waals surface area contributed by atoms with Crippen LogP contribution in [0.1, 0.15) is 13.3 Å². The Balaban J connectivity index is 2.72. The Bertz CT molecular complexity index is 346. The van der Waals surface area contributed by atoms with Crippen molar-refractivity contribution in [3.8, 4) is 0 Å². The molecule has 0 radical (unpaired) electrons. The standard InChI is InChI=1S/C9H11BrFNOS/c1-2-5-14(13)12-9-4-3-7(10)6-8(9)11/h3-4,6,12H,2,5H2,1H3. The molecule has 1 unspecified atom stereocenters. The zero-order chi connectivity index (χ0) is 10.6. The summed E-state index contributed by atoms with van der Waals surface area (Å²) in [6.07, 6.45) is 0.803. The van der Waals surface area contributed by atoms with E-state index in [-0.39, 0.29) is 5.69 Å². The van der Waals surface area contributed by atoms with E-state index in [4.69, 9.17) is 0 Å². The molecule has 0 bridgehead atoms. The maximum Gasteiger partial charge on any atom is 0.148 e. The molecule has 5 heteroatoms. The molecular formula is C9H11BrFNOS. The molecule has 0 spiro atoms. The van der Waals surface area contributed by atoms with E-state index in [1.165, 1.54) is 6.07 Å². The summed E-state index contributed by atoms with van der Waals surface area (Å²) in [4.78, 5) is 0. The Kier molecular flexibility index (Phi) is 4.54. The van der Waals surface area contributed by atoms with Gasteiger partial charge in [-0.25, -0.2) is 8.60 Å². The van der Waals surface area contributed by atoms with Gasteiger partial charge in [-0.15, -0.1) is 0 Å². The van der Waals surface area contributed by atoms with Crippen molar-refractivity contribution in [2.75, 3.05) is 10.5 Å². The molecule has 1 aromatic rings. The van der Waals surface area contributed by atoms with E-state index in [9.17, 15) is 8.60 Å². The summed E-state index contributed by atoms with van der Waals surface area (Å²) >= 11 is 3.15. The molecule has 0 saturated heterocycles. The molecule has 1 aromatic carbocycles. The van der Waals surface area contributed by atoms with Gasteiger partial charge in [0, 0.05) is 10.2 Å². The predicted molar refractivity (Wildman–Crippen MR) is 61.0 cm³/mol. The van der Waals surface area contributed by atoms with Crippen molar-refractivity contribution in [3.63, 3.8) is 0 Å². The van der Waals surface area contributed by atoms with Gasteiger partial charge in [0.1, 0.15) is 16.8 Å². The number of rotatable bonds is 4. The molecule has 1 N–H and O–H groups in total. The van der Waals surface area contributed by atoms with Crippen LogP contribution in [0, 0.1) is 5.82 Å². The van der Waals surface area contributed by atoms with Crippen molar-refractivity contribution in [2.45, 2.75) is 13.3 Å². The lowest BCUT2D eigenvalue weighted by atomic mass is 10.3. The van der Waals surface area contributed by atoms with Crippen LogP contribution in [0.3, 0.4) is 0 Å². The van der Waals surface area contributed by atoms with Gasteiger partial charge >= 0.3 is 0 Å². The third-order valence-corrected chi connectivity index (χ3v) is 3.26. The first-order chi connectivity index (χ1) is 6.63. The maximum absolute atomic E-state index is 13.2. The first-order valence-corrected chi connectivity index (χ1v) is 6.34. The highest BCUT2D eigenvalue weighted by Crippen LogP contribution is 2.19. The van der Waals surface area contributed by atoms with Crippen LogP contribution >= 0.6 is 15.9 Å². The molecule has 0 heterocycles. The fraction of sp³-hybridized carbons (Fsp3) is 0.333. The van der Waals surface area contributed by atoms with Crippen LogP contribution in [0.5, 0.6) is 0 Å². The molecular weight excluding hydrogens is 269 g/mol. The van der Waals surface area contributed by atoms with E-state index in [1.54, 1.807) is 12.1 Å². The van der Waals surface area contributed by atoms with Crippen LogP contribution < -0.4 is 4.72 Å². The van der Waals surface area contributed by atoms with Crippen molar-refractivity contribution in [3.05, 3.63) is 28.5 Å². The summed E-state index contributed by atoms with van der Waals surface area (Å²) in [6, 6.07) is 4.60. The predicted octanol–water partition coefficient (Wildman–Crippen LogP) is 3.07. The van der Waals surface area contributed by atoms with E-state index >= 15 is 0 Å². The number of anilines is 1. The van der Waals surface area contributed by atoms with Crippen LogP contribution in [-0.2, 0) is 11.0 Å². The molecule has 1 atom stereocenters. The van der Waals surface area contributed by atoms with Gasteiger partial charge in [0.05, 0.1) is 5.69 Å². The van der Waals surface area contributed by atoms with Gasteiger partial charge in [-0.3, -0.25) is 0 Å². The molecule has 0 fully saturated rings. The van der Waals surface area contributed by atoms with Gasteiger partial charge in [-0.2, -0.15) is 0 Å². The van der Waals surface area contributed by atoms with Gasteiger partial charge in [-0.05, 0) is 24.6 Å². The molecule has 14 heavy (non-hydrogen) atoms.